The number of hydrogen-bond acceptors (Lipinski definition) is 7. The highest BCUT2D eigenvalue weighted by Gasteiger charge is 2.36. The van der Waals surface area contributed by atoms with E-state index in [0.29, 0.717) is 5.56 Å². The average molecular weight is 450 g/mol. The molecule has 2 amide bonds. The van der Waals surface area contributed by atoms with Gasteiger partial charge in [-0.15, -0.1) is 0 Å². The summed E-state index contributed by atoms with van der Waals surface area (Å²) < 4.78 is 29.3. The number of rotatable bonds is 5. The average Bonchev–Trinajstić information content (AvgIpc) is 3.10. The maximum absolute atomic E-state index is 12.5. The number of carbonyl (C=O) groups is 3. The molecule has 1 saturated heterocycles. The molecule has 0 spiro atoms. The van der Waals surface area contributed by atoms with E-state index in [0.717, 1.165) is 33.7 Å². The minimum Gasteiger partial charge on any atom is -0.468 e. The van der Waals surface area contributed by atoms with Crippen LogP contribution in [0.5, 0.6) is 0 Å². The van der Waals surface area contributed by atoms with Gasteiger partial charge in [0.05, 0.1) is 16.9 Å². The van der Waals surface area contributed by atoms with Gasteiger partial charge in [0.15, 0.2) is 0 Å². The van der Waals surface area contributed by atoms with Crippen molar-refractivity contribution >= 4 is 45.0 Å². The summed E-state index contributed by atoms with van der Waals surface area (Å²) >= 11 is 0.754. The van der Waals surface area contributed by atoms with Gasteiger partial charge in [-0.1, -0.05) is 0 Å². The van der Waals surface area contributed by atoms with Gasteiger partial charge >= 0.3 is 5.97 Å². The molecule has 158 valence electrons. The van der Waals surface area contributed by atoms with Gasteiger partial charge in [-0.3, -0.25) is 19.3 Å². The van der Waals surface area contributed by atoms with Gasteiger partial charge in [-0.25, -0.2) is 13.6 Å². The number of primary sulfonamides is 1. The Balaban J connectivity index is 1.94. The van der Waals surface area contributed by atoms with Gasteiger partial charge < -0.3 is 9.30 Å². The predicted molar refractivity (Wildman–Crippen MR) is 111 cm³/mol. The molecular formula is C19H19N3O6S2. The summed E-state index contributed by atoms with van der Waals surface area (Å²) in [6.07, 6.45) is 1.60. The van der Waals surface area contributed by atoms with Crippen molar-refractivity contribution in [3.8, 4) is 5.69 Å². The third kappa shape index (κ3) is 4.18. The normalized spacial score (nSPS) is 15.9. The molecule has 1 aliphatic heterocycles. The number of nitrogens with zero attached hydrogens (tertiary/aromatic N) is 2. The molecule has 11 heteroatoms. The number of imide groups is 1. The minimum atomic E-state index is -3.79. The second-order valence-corrected chi connectivity index (χ2v) is 9.10. The number of carbonyl (C=O) groups excluding carboxylic acids is 3. The zero-order valence-electron chi connectivity index (χ0n) is 16.4. The van der Waals surface area contributed by atoms with Crippen LogP contribution in [0.1, 0.15) is 17.0 Å². The summed E-state index contributed by atoms with van der Waals surface area (Å²) in [6, 6.07) is 7.95. The lowest BCUT2D eigenvalue weighted by Gasteiger charge is -2.10. The van der Waals surface area contributed by atoms with E-state index in [2.05, 4.69) is 4.74 Å². The fraction of sp³-hybridized carbons (Fsp3) is 0.211. The van der Waals surface area contributed by atoms with Crippen LogP contribution in [-0.2, 0) is 24.3 Å². The molecule has 1 aromatic heterocycles. The van der Waals surface area contributed by atoms with Crippen LogP contribution < -0.4 is 5.14 Å². The Morgan fingerprint density at radius 3 is 2.40 bits per heavy atom. The number of amides is 2. The second-order valence-electron chi connectivity index (χ2n) is 6.54. The van der Waals surface area contributed by atoms with Crippen LogP contribution in [0.3, 0.4) is 0 Å². The molecule has 1 aromatic carbocycles. The van der Waals surface area contributed by atoms with E-state index < -0.39 is 33.7 Å². The monoisotopic (exact) mass is 449 g/mol. The van der Waals surface area contributed by atoms with Crippen LogP contribution in [0, 0.1) is 13.8 Å². The number of aromatic nitrogens is 1. The van der Waals surface area contributed by atoms with E-state index in [1.807, 2.05) is 24.5 Å². The molecule has 0 bridgehead atoms. The Hall–Kier alpha value is -2.89. The molecule has 2 aromatic rings. The first-order valence-corrected chi connectivity index (χ1v) is 11.0. The Morgan fingerprint density at radius 2 is 1.83 bits per heavy atom. The van der Waals surface area contributed by atoms with Gasteiger partial charge in [-0.2, -0.15) is 0 Å². The zero-order valence-corrected chi connectivity index (χ0v) is 18.0. The lowest BCUT2D eigenvalue weighted by Crippen LogP contribution is -2.34. The van der Waals surface area contributed by atoms with Crippen molar-refractivity contribution in [2.75, 3.05) is 13.7 Å². The van der Waals surface area contributed by atoms with Crippen LogP contribution in [0.15, 0.2) is 40.1 Å². The number of aryl methyl sites for hydroxylation is 1. The van der Waals surface area contributed by atoms with Crippen molar-refractivity contribution in [3.63, 3.8) is 0 Å². The smallest absolute Gasteiger partial charge is 0.325 e. The molecule has 3 rings (SSSR count). The van der Waals surface area contributed by atoms with E-state index in [9.17, 15) is 22.8 Å². The van der Waals surface area contributed by atoms with Crippen molar-refractivity contribution in [3.05, 3.63) is 52.2 Å². The molecular weight excluding hydrogens is 430 g/mol. The largest absolute Gasteiger partial charge is 0.468 e. The third-order valence-electron chi connectivity index (χ3n) is 4.57. The van der Waals surface area contributed by atoms with Crippen molar-refractivity contribution in [1.82, 2.24) is 9.47 Å². The van der Waals surface area contributed by atoms with Crippen LogP contribution in [0.25, 0.3) is 11.8 Å². The topological polar surface area (TPSA) is 129 Å². The molecule has 0 atom stereocenters. The van der Waals surface area contributed by atoms with Crippen LogP contribution in [0.4, 0.5) is 4.79 Å². The number of hydrogen-bond donors (Lipinski definition) is 1. The quantitative estimate of drug-likeness (QED) is 0.546. The van der Waals surface area contributed by atoms with Crippen LogP contribution in [0.2, 0.25) is 0 Å². The fourth-order valence-corrected chi connectivity index (χ4v) is 4.43. The number of esters is 1. The maximum Gasteiger partial charge on any atom is 0.325 e. The molecule has 30 heavy (non-hydrogen) atoms. The summed E-state index contributed by atoms with van der Waals surface area (Å²) in [5.41, 5.74) is 3.06. The van der Waals surface area contributed by atoms with Crippen LogP contribution >= 0.6 is 11.8 Å². The number of sulfonamides is 1. The number of methoxy groups -OCH3 is 1. The fourth-order valence-electron chi connectivity index (χ4n) is 3.09. The Morgan fingerprint density at radius 1 is 1.20 bits per heavy atom. The van der Waals surface area contributed by atoms with E-state index in [1.54, 1.807) is 18.2 Å². The summed E-state index contributed by atoms with van der Waals surface area (Å²) in [7, 11) is -2.61. The zero-order chi connectivity index (χ0) is 22.2. The molecule has 1 aliphatic rings. The second kappa shape index (κ2) is 8.09. The van der Waals surface area contributed by atoms with Crippen molar-refractivity contribution in [2.45, 2.75) is 18.7 Å². The first-order valence-electron chi connectivity index (χ1n) is 8.67. The van der Waals surface area contributed by atoms with Gasteiger partial charge in [0.2, 0.25) is 10.0 Å². The highest BCUT2D eigenvalue weighted by Crippen LogP contribution is 2.33. The lowest BCUT2D eigenvalue weighted by molar-refractivity contribution is -0.143. The molecule has 0 unspecified atom stereocenters. The SMILES string of the molecule is COC(=O)CN1C(=O)S/C(=C\c2cc(C)n(-c3ccc(S(N)(=O)=O)cc3)c2C)C1=O. The minimum absolute atomic E-state index is 0.00761. The number of nitrogens with two attached hydrogens (primary N) is 1. The molecule has 9 nitrogen and oxygen atoms in total. The van der Waals surface area contributed by atoms with E-state index in [-0.39, 0.29) is 9.80 Å². The molecule has 0 saturated carbocycles. The van der Waals surface area contributed by atoms with Crippen molar-refractivity contribution in [1.29, 1.82) is 0 Å². The number of thioether (sulfide) groups is 1. The highest BCUT2D eigenvalue weighted by atomic mass is 32.2. The number of ether oxygens (including phenoxy) is 1. The van der Waals surface area contributed by atoms with Crippen molar-refractivity contribution in [2.24, 2.45) is 5.14 Å². The first-order chi connectivity index (χ1) is 14.0. The highest BCUT2D eigenvalue weighted by molar-refractivity contribution is 8.18. The van der Waals surface area contributed by atoms with Crippen LogP contribution in [-0.4, -0.2) is 48.7 Å². The Bertz CT molecular complexity index is 1180. The first kappa shape index (κ1) is 21.8. The van der Waals surface area contributed by atoms with Gasteiger partial charge in [0.1, 0.15) is 6.54 Å². The standard InChI is InChI=1S/C19H19N3O6S2/c1-11-8-13(9-16-18(24)21(19(25)29-16)10-17(23)28-3)12(2)22(11)14-4-6-15(7-5-14)30(20,26)27/h4-9H,10H2,1-3H3,(H2,20,26,27)/b16-9-. The Kier molecular flexibility index (Phi) is 5.88. The molecule has 2 N–H and O–H groups in total. The van der Waals surface area contributed by atoms with E-state index in [4.69, 9.17) is 5.14 Å². The predicted octanol–water partition coefficient (Wildman–Crippen LogP) is 1.95. The lowest BCUT2D eigenvalue weighted by atomic mass is 10.2. The van der Waals surface area contributed by atoms with E-state index >= 15 is 0 Å². The Labute approximate surface area is 177 Å². The summed E-state index contributed by atoms with van der Waals surface area (Å²) in [5, 5.41) is 4.60. The summed E-state index contributed by atoms with van der Waals surface area (Å²) in [4.78, 5) is 37.1. The van der Waals surface area contributed by atoms with E-state index in [1.165, 1.54) is 19.2 Å². The number of benzene rings is 1. The van der Waals surface area contributed by atoms with Gasteiger partial charge in [0, 0.05) is 17.1 Å². The van der Waals surface area contributed by atoms with Gasteiger partial charge in [-0.05, 0) is 67.6 Å². The van der Waals surface area contributed by atoms with Gasteiger partial charge in [0.25, 0.3) is 11.1 Å². The maximum atomic E-state index is 12.5. The van der Waals surface area contributed by atoms with Crippen molar-refractivity contribution < 1.29 is 27.5 Å². The molecule has 2 heterocycles. The third-order valence-corrected chi connectivity index (χ3v) is 6.41. The molecule has 1 fully saturated rings. The summed E-state index contributed by atoms with van der Waals surface area (Å²) in [5.74, 6) is -1.24. The molecule has 0 aliphatic carbocycles. The molecule has 0 radical (unpaired) electrons. The summed E-state index contributed by atoms with van der Waals surface area (Å²) in [6.45, 7) is 3.26.